The van der Waals surface area contributed by atoms with Crippen molar-refractivity contribution in [1.82, 2.24) is 15.5 Å². The van der Waals surface area contributed by atoms with E-state index in [0.717, 1.165) is 17.0 Å². The molecule has 0 aliphatic rings. The minimum absolute atomic E-state index is 0.112. The summed E-state index contributed by atoms with van der Waals surface area (Å²) in [5.41, 5.74) is 3.06. The average molecular weight is 291 g/mol. The minimum atomic E-state index is -1.02. The van der Waals surface area contributed by atoms with Gasteiger partial charge in [0.15, 0.2) is 0 Å². The molecule has 0 spiro atoms. The number of carbonyl (C=O) groups excluding carboxylic acids is 1. The summed E-state index contributed by atoms with van der Waals surface area (Å²) in [5.74, 6) is -0.733. The molecule has 6 heteroatoms. The molecule has 1 amide bonds. The van der Waals surface area contributed by atoms with Crippen molar-refractivity contribution >= 4 is 5.91 Å². The third-order valence-corrected chi connectivity index (χ3v) is 3.36. The highest BCUT2D eigenvalue weighted by molar-refractivity contribution is 5.76. The number of nitrogens with zero attached hydrogens (tertiary/aromatic N) is 1. The Bertz CT molecular complexity index is 620. The highest BCUT2D eigenvalue weighted by Crippen LogP contribution is 2.17. The quantitative estimate of drug-likeness (QED) is 0.787. The van der Waals surface area contributed by atoms with Gasteiger partial charge in [-0.15, -0.1) is 0 Å². The Kier molecular flexibility index (Phi) is 4.70. The van der Waals surface area contributed by atoms with Crippen LogP contribution >= 0.6 is 0 Å². The molecule has 0 fully saturated rings. The van der Waals surface area contributed by atoms with E-state index in [1.54, 1.807) is 6.07 Å². The maximum Gasteiger partial charge on any atom is 0.223 e. The lowest BCUT2D eigenvalue weighted by molar-refractivity contribution is -0.123. The fourth-order valence-electron chi connectivity index (χ4n) is 2.10. The summed E-state index contributed by atoms with van der Waals surface area (Å²) < 4.78 is 13.1. The van der Waals surface area contributed by atoms with Crippen molar-refractivity contribution in [3.05, 3.63) is 52.6 Å². The molecule has 1 aromatic carbocycles. The van der Waals surface area contributed by atoms with Crippen LogP contribution in [0.15, 0.2) is 24.3 Å². The number of nitrogens with one attached hydrogen (secondary N) is 2. The summed E-state index contributed by atoms with van der Waals surface area (Å²) in [6.07, 6.45) is -1.13. The van der Waals surface area contributed by atoms with Gasteiger partial charge in [0.1, 0.15) is 5.82 Å². The Balaban J connectivity index is 1.90. The lowest BCUT2D eigenvalue weighted by Gasteiger charge is -2.11. The molecule has 112 valence electrons. The summed E-state index contributed by atoms with van der Waals surface area (Å²) in [7, 11) is 0. The van der Waals surface area contributed by atoms with Gasteiger partial charge in [0.2, 0.25) is 5.91 Å². The van der Waals surface area contributed by atoms with Crippen molar-refractivity contribution in [2.45, 2.75) is 32.9 Å². The Morgan fingerprint density at radius 3 is 2.86 bits per heavy atom. The van der Waals surface area contributed by atoms with E-state index in [4.69, 9.17) is 0 Å². The van der Waals surface area contributed by atoms with Crippen LogP contribution in [-0.4, -0.2) is 21.2 Å². The molecule has 5 nitrogen and oxygen atoms in total. The van der Waals surface area contributed by atoms with Gasteiger partial charge >= 0.3 is 0 Å². The second kappa shape index (κ2) is 6.49. The van der Waals surface area contributed by atoms with E-state index in [2.05, 4.69) is 15.5 Å². The van der Waals surface area contributed by atoms with E-state index in [-0.39, 0.29) is 12.3 Å². The van der Waals surface area contributed by atoms with Gasteiger partial charge in [-0.3, -0.25) is 9.89 Å². The second-order valence-electron chi connectivity index (χ2n) is 4.96. The molecule has 2 aromatic rings. The van der Waals surface area contributed by atoms with E-state index in [1.165, 1.54) is 18.2 Å². The standard InChI is InChI=1S/C15H18FN3O2/c1-9-13(10(2)19-18-9)8-17-15(21)7-14(20)11-4-3-5-12(16)6-11/h3-6,14,20H,7-8H2,1-2H3,(H,17,21)(H,18,19). The van der Waals surface area contributed by atoms with Crippen molar-refractivity contribution in [3.63, 3.8) is 0 Å². The lowest BCUT2D eigenvalue weighted by atomic mass is 10.1. The number of halogens is 1. The number of H-pyrrole nitrogens is 1. The molecule has 2 rings (SSSR count). The zero-order valence-electron chi connectivity index (χ0n) is 12.0. The highest BCUT2D eigenvalue weighted by Gasteiger charge is 2.14. The van der Waals surface area contributed by atoms with Crippen LogP contribution in [0.5, 0.6) is 0 Å². The molecule has 0 aliphatic heterocycles. The van der Waals surface area contributed by atoms with Gasteiger partial charge in [0.25, 0.3) is 0 Å². The van der Waals surface area contributed by atoms with Crippen LogP contribution < -0.4 is 5.32 Å². The second-order valence-corrected chi connectivity index (χ2v) is 4.96. The summed E-state index contributed by atoms with van der Waals surface area (Å²) in [4.78, 5) is 11.8. The van der Waals surface area contributed by atoms with Crippen molar-refractivity contribution in [1.29, 1.82) is 0 Å². The molecule has 0 aliphatic carbocycles. The molecule has 1 aromatic heterocycles. The number of aromatic nitrogens is 2. The van der Waals surface area contributed by atoms with E-state index in [0.29, 0.717) is 12.1 Å². The predicted octanol–water partition coefficient (Wildman–Crippen LogP) is 1.91. The fraction of sp³-hybridized carbons (Fsp3) is 0.333. The number of aliphatic hydroxyl groups excluding tert-OH is 1. The molecule has 0 saturated carbocycles. The number of benzene rings is 1. The molecule has 0 radical (unpaired) electrons. The summed E-state index contributed by atoms with van der Waals surface area (Å²) >= 11 is 0. The SMILES string of the molecule is Cc1n[nH]c(C)c1CNC(=O)CC(O)c1cccc(F)c1. The van der Waals surface area contributed by atoms with Gasteiger partial charge in [0, 0.05) is 17.8 Å². The molecule has 0 bridgehead atoms. The van der Waals surface area contributed by atoms with Crippen LogP contribution in [-0.2, 0) is 11.3 Å². The number of rotatable bonds is 5. The summed E-state index contributed by atoms with van der Waals surface area (Å²) in [6, 6.07) is 5.61. The third-order valence-electron chi connectivity index (χ3n) is 3.36. The lowest BCUT2D eigenvalue weighted by Crippen LogP contribution is -2.25. The number of hydrogen-bond acceptors (Lipinski definition) is 3. The smallest absolute Gasteiger partial charge is 0.223 e. The van der Waals surface area contributed by atoms with E-state index >= 15 is 0 Å². The summed E-state index contributed by atoms with van der Waals surface area (Å²) in [5, 5.41) is 19.6. The molecular weight excluding hydrogens is 273 g/mol. The molecule has 0 saturated heterocycles. The minimum Gasteiger partial charge on any atom is -0.388 e. The number of carbonyl (C=O) groups is 1. The normalized spacial score (nSPS) is 12.2. The number of aliphatic hydroxyl groups is 1. The topological polar surface area (TPSA) is 78.0 Å². The molecule has 21 heavy (non-hydrogen) atoms. The largest absolute Gasteiger partial charge is 0.388 e. The van der Waals surface area contributed by atoms with Crippen molar-refractivity contribution in [2.75, 3.05) is 0 Å². The van der Waals surface area contributed by atoms with Crippen LogP contribution in [0.2, 0.25) is 0 Å². The average Bonchev–Trinajstić information content (AvgIpc) is 2.76. The first kappa shape index (κ1) is 15.2. The Hall–Kier alpha value is -2.21. The molecule has 1 atom stereocenters. The number of aromatic amines is 1. The fourth-order valence-corrected chi connectivity index (χ4v) is 2.10. The Labute approximate surface area is 122 Å². The Morgan fingerprint density at radius 2 is 2.24 bits per heavy atom. The van der Waals surface area contributed by atoms with Gasteiger partial charge in [-0.05, 0) is 31.5 Å². The van der Waals surface area contributed by atoms with Crippen LogP contribution in [0.4, 0.5) is 4.39 Å². The molecule has 1 heterocycles. The molecular formula is C15H18FN3O2. The number of aryl methyl sites for hydroxylation is 2. The van der Waals surface area contributed by atoms with Gasteiger partial charge in [-0.25, -0.2) is 4.39 Å². The first-order chi connectivity index (χ1) is 9.97. The molecule has 3 N–H and O–H groups in total. The Morgan fingerprint density at radius 1 is 1.48 bits per heavy atom. The van der Waals surface area contributed by atoms with E-state index in [9.17, 15) is 14.3 Å². The van der Waals surface area contributed by atoms with Gasteiger partial charge in [-0.2, -0.15) is 5.10 Å². The zero-order chi connectivity index (χ0) is 15.4. The first-order valence-electron chi connectivity index (χ1n) is 6.68. The van der Waals surface area contributed by atoms with Crippen molar-refractivity contribution in [3.8, 4) is 0 Å². The monoisotopic (exact) mass is 291 g/mol. The van der Waals surface area contributed by atoms with Crippen molar-refractivity contribution in [2.24, 2.45) is 0 Å². The molecule has 1 unspecified atom stereocenters. The van der Waals surface area contributed by atoms with Gasteiger partial charge < -0.3 is 10.4 Å². The maximum atomic E-state index is 13.1. The van der Waals surface area contributed by atoms with Gasteiger partial charge in [-0.1, -0.05) is 12.1 Å². The van der Waals surface area contributed by atoms with E-state index < -0.39 is 11.9 Å². The van der Waals surface area contributed by atoms with E-state index in [1.807, 2.05) is 13.8 Å². The van der Waals surface area contributed by atoms with Gasteiger partial charge in [0.05, 0.1) is 18.2 Å². The van der Waals surface area contributed by atoms with Crippen LogP contribution in [0.1, 0.15) is 35.0 Å². The zero-order valence-corrected chi connectivity index (χ0v) is 12.0. The summed E-state index contributed by atoms with van der Waals surface area (Å²) in [6.45, 7) is 4.08. The maximum absolute atomic E-state index is 13.1. The van der Waals surface area contributed by atoms with Crippen LogP contribution in [0, 0.1) is 19.7 Å². The van der Waals surface area contributed by atoms with Crippen molar-refractivity contribution < 1.29 is 14.3 Å². The third kappa shape index (κ3) is 3.88. The number of amides is 1. The predicted molar refractivity (Wildman–Crippen MR) is 75.9 cm³/mol. The highest BCUT2D eigenvalue weighted by atomic mass is 19.1. The first-order valence-corrected chi connectivity index (χ1v) is 6.68. The van der Waals surface area contributed by atoms with Crippen LogP contribution in [0.25, 0.3) is 0 Å². The van der Waals surface area contributed by atoms with Crippen LogP contribution in [0.3, 0.4) is 0 Å². The number of hydrogen-bond donors (Lipinski definition) is 3.